The molecule has 0 bridgehead atoms. The van der Waals surface area contributed by atoms with Crippen LogP contribution in [-0.4, -0.2) is 60.9 Å². The molecular weight excluding hydrogens is 402 g/mol. The van der Waals surface area contributed by atoms with E-state index in [2.05, 4.69) is 0 Å². The van der Waals surface area contributed by atoms with Gasteiger partial charge in [-0.05, 0) is 65.2 Å². The van der Waals surface area contributed by atoms with E-state index in [4.69, 9.17) is 18.9 Å². The Morgan fingerprint density at radius 2 is 1.61 bits per heavy atom. The Morgan fingerprint density at radius 1 is 1.03 bits per heavy atom. The van der Waals surface area contributed by atoms with Gasteiger partial charge in [0.05, 0.1) is 19.3 Å². The van der Waals surface area contributed by atoms with Crippen LogP contribution in [0.3, 0.4) is 0 Å². The van der Waals surface area contributed by atoms with Crippen molar-refractivity contribution in [3.05, 3.63) is 29.8 Å². The summed E-state index contributed by atoms with van der Waals surface area (Å²) in [5.74, 6) is -1.85. The first-order valence-corrected chi connectivity index (χ1v) is 10.7. The molecule has 0 N–H and O–H groups in total. The Bertz CT molecular complexity index is 736. The summed E-state index contributed by atoms with van der Waals surface area (Å²) in [5.41, 5.74) is -0.0736. The second-order valence-corrected chi connectivity index (χ2v) is 8.29. The predicted octanol–water partition coefficient (Wildman–Crippen LogP) is 3.67. The lowest BCUT2D eigenvalue weighted by Crippen LogP contribution is -2.42. The fourth-order valence-corrected chi connectivity index (χ4v) is 3.34. The third-order valence-electron chi connectivity index (χ3n) is 4.71. The van der Waals surface area contributed by atoms with E-state index in [1.54, 1.807) is 43.0 Å². The number of carbonyl (C=O) groups is 3. The summed E-state index contributed by atoms with van der Waals surface area (Å²) in [4.78, 5) is 38.6. The van der Waals surface area contributed by atoms with E-state index in [0.717, 1.165) is 12.8 Å². The van der Waals surface area contributed by atoms with Crippen molar-refractivity contribution in [3.8, 4) is 5.75 Å². The monoisotopic (exact) mass is 435 g/mol. The minimum atomic E-state index is -1.13. The van der Waals surface area contributed by atoms with E-state index in [1.165, 1.54) is 0 Å². The van der Waals surface area contributed by atoms with Crippen molar-refractivity contribution in [2.75, 3.05) is 26.4 Å². The van der Waals surface area contributed by atoms with Crippen molar-refractivity contribution in [1.29, 1.82) is 0 Å². The molecule has 1 aliphatic rings. The summed E-state index contributed by atoms with van der Waals surface area (Å²) in [6, 6.07) is 6.60. The minimum Gasteiger partial charge on any atom is -0.491 e. The average molecular weight is 436 g/mol. The van der Waals surface area contributed by atoms with Gasteiger partial charge in [0, 0.05) is 6.54 Å². The largest absolute Gasteiger partial charge is 0.491 e. The Balaban J connectivity index is 2.01. The van der Waals surface area contributed by atoms with E-state index in [9.17, 15) is 14.4 Å². The molecule has 1 atom stereocenters. The van der Waals surface area contributed by atoms with Crippen LogP contribution in [0.5, 0.6) is 5.75 Å². The lowest BCUT2D eigenvalue weighted by Gasteiger charge is -2.28. The SMILES string of the molecule is CCOC(=O)C(C(=O)OCC)c1ccc(OC[C@H]2CCCN2C(=O)OC(C)(C)C)cc1. The molecule has 0 aliphatic carbocycles. The highest BCUT2D eigenvalue weighted by molar-refractivity contribution is 6.00. The Hall–Kier alpha value is -2.77. The number of benzene rings is 1. The lowest BCUT2D eigenvalue weighted by atomic mass is 9.99. The van der Waals surface area contributed by atoms with Gasteiger partial charge in [-0.15, -0.1) is 0 Å². The minimum absolute atomic E-state index is 0.0682. The highest BCUT2D eigenvalue weighted by atomic mass is 16.6. The van der Waals surface area contributed by atoms with E-state index in [0.29, 0.717) is 24.5 Å². The van der Waals surface area contributed by atoms with Crippen LogP contribution >= 0.6 is 0 Å². The van der Waals surface area contributed by atoms with Gasteiger partial charge in [0.1, 0.15) is 18.0 Å². The first-order valence-electron chi connectivity index (χ1n) is 10.7. The third kappa shape index (κ3) is 7.15. The van der Waals surface area contributed by atoms with Gasteiger partial charge in [0.2, 0.25) is 0 Å². The number of nitrogens with zero attached hydrogens (tertiary/aromatic N) is 1. The van der Waals surface area contributed by atoms with Gasteiger partial charge >= 0.3 is 18.0 Å². The van der Waals surface area contributed by atoms with Gasteiger partial charge in [-0.25, -0.2) is 4.79 Å². The summed E-state index contributed by atoms with van der Waals surface area (Å²) in [6.45, 7) is 10.2. The zero-order chi connectivity index (χ0) is 23.0. The van der Waals surface area contributed by atoms with Crippen molar-refractivity contribution in [1.82, 2.24) is 4.90 Å². The summed E-state index contributed by atoms with van der Waals surface area (Å²) < 4.78 is 21.4. The third-order valence-corrected chi connectivity index (χ3v) is 4.71. The molecule has 1 fully saturated rings. The fraction of sp³-hybridized carbons (Fsp3) is 0.609. The Labute approximate surface area is 183 Å². The molecular formula is C23H33NO7. The standard InChI is InChI=1S/C23H33NO7/c1-6-28-20(25)19(21(26)29-7-2)16-10-12-18(13-11-16)30-15-17-9-8-14-24(17)22(27)31-23(3,4)5/h10-13,17,19H,6-9,14-15H2,1-5H3/t17-/m1/s1. The van der Waals surface area contributed by atoms with Crippen LogP contribution < -0.4 is 4.74 Å². The second kappa shape index (κ2) is 11.0. The van der Waals surface area contributed by atoms with Crippen LogP contribution in [0, 0.1) is 0 Å². The number of hydrogen-bond donors (Lipinski definition) is 0. The smallest absolute Gasteiger partial charge is 0.410 e. The Morgan fingerprint density at radius 3 is 2.13 bits per heavy atom. The number of hydrogen-bond acceptors (Lipinski definition) is 7. The van der Waals surface area contributed by atoms with Gasteiger partial charge < -0.3 is 23.8 Å². The molecule has 31 heavy (non-hydrogen) atoms. The summed E-state index contributed by atoms with van der Waals surface area (Å²) >= 11 is 0. The van der Waals surface area contributed by atoms with Crippen molar-refractivity contribution >= 4 is 18.0 Å². The van der Waals surface area contributed by atoms with Crippen molar-refractivity contribution in [2.45, 2.75) is 65.0 Å². The van der Waals surface area contributed by atoms with E-state index in [-0.39, 0.29) is 25.3 Å². The molecule has 1 aromatic rings. The molecule has 8 heteroatoms. The normalized spacial score (nSPS) is 16.2. The van der Waals surface area contributed by atoms with E-state index >= 15 is 0 Å². The number of likely N-dealkylation sites (tertiary alicyclic amines) is 1. The number of amides is 1. The van der Waals surface area contributed by atoms with Crippen LogP contribution in [0.4, 0.5) is 4.79 Å². The maximum absolute atomic E-state index is 12.4. The lowest BCUT2D eigenvalue weighted by molar-refractivity contribution is -0.156. The molecule has 0 radical (unpaired) electrons. The molecule has 8 nitrogen and oxygen atoms in total. The molecule has 0 saturated carbocycles. The molecule has 1 amide bonds. The predicted molar refractivity (Wildman–Crippen MR) is 114 cm³/mol. The zero-order valence-corrected chi connectivity index (χ0v) is 19.0. The highest BCUT2D eigenvalue weighted by Gasteiger charge is 2.33. The topological polar surface area (TPSA) is 91.4 Å². The fourth-order valence-electron chi connectivity index (χ4n) is 3.34. The van der Waals surface area contributed by atoms with Crippen LogP contribution in [0.2, 0.25) is 0 Å². The number of carbonyl (C=O) groups excluding carboxylic acids is 3. The summed E-state index contributed by atoms with van der Waals surface area (Å²) in [7, 11) is 0. The van der Waals surface area contributed by atoms with Gasteiger partial charge in [-0.3, -0.25) is 9.59 Å². The molecule has 1 aliphatic heterocycles. The molecule has 0 aromatic heterocycles. The van der Waals surface area contributed by atoms with Gasteiger partial charge in [-0.2, -0.15) is 0 Å². The number of esters is 2. The van der Waals surface area contributed by atoms with Crippen molar-refractivity contribution in [2.24, 2.45) is 0 Å². The maximum Gasteiger partial charge on any atom is 0.410 e. The first-order chi connectivity index (χ1) is 14.7. The van der Waals surface area contributed by atoms with Crippen LogP contribution in [0.15, 0.2) is 24.3 Å². The van der Waals surface area contributed by atoms with Crippen LogP contribution in [-0.2, 0) is 23.8 Å². The average Bonchev–Trinajstić information content (AvgIpc) is 3.15. The second-order valence-electron chi connectivity index (χ2n) is 8.29. The van der Waals surface area contributed by atoms with Gasteiger partial charge in [-0.1, -0.05) is 12.1 Å². The number of rotatable bonds is 8. The quantitative estimate of drug-likeness (QED) is 0.349. The van der Waals surface area contributed by atoms with Crippen molar-refractivity contribution < 1.29 is 33.3 Å². The number of ether oxygens (including phenoxy) is 4. The molecule has 2 rings (SSSR count). The Kier molecular flexibility index (Phi) is 8.71. The molecule has 172 valence electrons. The molecule has 0 unspecified atom stereocenters. The van der Waals surface area contributed by atoms with E-state index in [1.807, 2.05) is 20.8 Å². The zero-order valence-electron chi connectivity index (χ0n) is 19.0. The maximum atomic E-state index is 12.4. The first kappa shape index (κ1) is 24.5. The molecule has 1 heterocycles. The van der Waals surface area contributed by atoms with Crippen LogP contribution in [0.1, 0.15) is 58.9 Å². The molecule has 0 spiro atoms. The summed E-state index contributed by atoms with van der Waals surface area (Å²) in [6.07, 6.45) is 1.40. The molecule has 1 saturated heterocycles. The summed E-state index contributed by atoms with van der Waals surface area (Å²) in [5, 5.41) is 0. The highest BCUT2D eigenvalue weighted by Crippen LogP contribution is 2.25. The van der Waals surface area contributed by atoms with Gasteiger partial charge in [0.15, 0.2) is 5.92 Å². The molecule has 1 aromatic carbocycles. The van der Waals surface area contributed by atoms with Crippen molar-refractivity contribution in [3.63, 3.8) is 0 Å². The van der Waals surface area contributed by atoms with Crippen LogP contribution in [0.25, 0.3) is 0 Å². The van der Waals surface area contributed by atoms with Gasteiger partial charge in [0.25, 0.3) is 0 Å². The van der Waals surface area contributed by atoms with E-state index < -0.39 is 23.5 Å².